The number of nitrogen functional groups attached to an aromatic ring is 1. The number of nitrogens with two attached hydrogens (primary N) is 1. The second-order valence-corrected chi connectivity index (χ2v) is 7.07. The Bertz CT molecular complexity index is 1080. The molecule has 2 aromatic rings. The lowest BCUT2D eigenvalue weighted by Gasteiger charge is -2.23. The van der Waals surface area contributed by atoms with Crippen LogP contribution in [0.1, 0.15) is 43.1 Å². The van der Waals surface area contributed by atoms with Gasteiger partial charge in [-0.15, -0.1) is 0 Å². The number of halogens is 1. The first kappa shape index (κ1) is 21.9. The Labute approximate surface area is 180 Å². The summed E-state index contributed by atoms with van der Waals surface area (Å²) in [5.74, 6) is 0.0963. The Morgan fingerprint density at radius 3 is 2.84 bits per heavy atom. The highest BCUT2D eigenvalue weighted by Crippen LogP contribution is 2.34. The van der Waals surface area contributed by atoms with Crippen LogP contribution < -0.4 is 21.1 Å². The van der Waals surface area contributed by atoms with Crippen LogP contribution in [-0.2, 0) is 0 Å². The van der Waals surface area contributed by atoms with Gasteiger partial charge in [0.25, 0.3) is 0 Å². The number of pyridine rings is 1. The molecule has 0 aliphatic carbocycles. The average molecular weight is 423 g/mol. The zero-order chi connectivity index (χ0) is 22.5. The standard InChI is InChI=1S/C22H26FN7O/c1-4-28-21-14-8-19(22(25)29-11-14)31-12(2)17-9-15(23)5-6-16(17)20(24)13(10-27-3)7-18(21)30-26/h5-6,8-12,24,26-28H,4,7H2,1-3H3,(H2,25,29)/b13-10-,21-18-,24-20?,30-26?. The van der Waals surface area contributed by atoms with E-state index in [1.807, 2.05) is 6.92 Å². The molecule has 1 atom stereocenters. The maximum atomic E-state index is 14.1. The number of hydrogen-bond acceptors (Lipinski definition) is 8. The summed E-state index contributed by atoms with van der Waals surface area (Å²) in [4.78, 5) is 4.24. The van der Waals surface area contributed by atoms with E-state index in [4.69, 9.17) is 21.4 Å². The molecule has 0 amide bonds. The second-order valence-electron chi connectivity index (χ2n) is 7.07. The quantitative estimate of drug-likeness (QED) is 0.472. The van der Waals surface area contributed by atoms with Gasteiger partial charge in [-0.1, -0.05) is 0 Å². The third-order valence-corrected chi connectivity index (χ3v) is 4.97. The molecule has 9 heteroatoms. The van der Waals surface area contributed by atoms with E-state index in [0.29, 0.717) is 46.0 Å². The van der Waals surface area contributed by atoms with E-state index in [0.717, 1.165) is 0 Å². The Balaban J connectivity index is 2.31. The predicted octanol–water partition coefficient (Wildman–Crippen LogP) is 4.13. The fraction of sp³-hybridized carbons (Fsp3) is 0.273. The topological polar surface area (TPSA) is 132 Å². The van der Waals surface area contributed by atoms with Crippen molar-refractivity contribution in [1.82, 2.24) is 15.6 Å². The van der Waals surface area contributed by atoms with Crippen molar-refractivity contribution in [2.45, 2.75) is 26.4 Å². The molecule has 6 N–H and O–H groups in total. The van der Waals surface area contributed by atoms with Crippen molar-refractivity contribution in [2.24, 2.45) is 5.11 Å². The molecular formula is C22H26FN7O. The number of nitrogens with zero attached hydrogens (tertiary/aromatic N) is 2. The van der Waals surface area contributed by atoms with E-state index in [2.05, 4.69) is 20.7 Å². The highest BCUT2D eigenvalue weighted by molar-refractivity contribution is 6.11. The average Bonchev–Trinajstić information content (AvgIpc) is 2.76. The van der Waals surface area contributed by atoms with Crippen LogP contribution in [0.3, 0.4) is 0 Å². The van der Waals surface area contributed by atoms with E-state index in [1.54, 1.807) is 38.5 Å². The van der Waals surface area contributed by atoms with Crippen molar-refractivity contribution >= 4 is 17.2 Å². The van der Waals surface area contributed by atoms with Gasteiger partial charge in [0.15, 0.2) is 11.6 Å². The highest BCUT2D eigenvalue weighted by atomic mass is 19.1. The molecule has 1 unspecified atom stereocenters. The van der Waals surface area contributed by atoms with E-state index in [1.165, 1.54) is 12.1 Å². The molecule has 0 fully saturated rings. The molecule has 1 aliphatic heterocycles. The first-order valence-electron chi connectivity index (χ1n) is 9.91. The van der Waals surface area contributed by atoms with Gasteiger partial charge in [0.2, 0.25) is 0 Å². The fourth-order valence-electron chi connectivity index (χ4n) is 3.51. The molecule has 31 heavy (non-hydrogen) atoms. The van der Waals surface area contributed by atoms with Gasteiger partial charge in [0.05, 0.1) is 17.1 Å². The molecule has 0 spiro atoms. The number of allylic oxidation sites excluding steroid dienone is 1. The first-order valence-corrected chi connectivity index (χ1v) is 9.91. The number of aromatic nitrogens is 1. The maximum Gasteiger partial charge on any atom is 0.166 e. The van der Waals surface area contributed by atoms with Gasteiger partial charge in [0, 0.05) is 49.1 Å². The number of hydrogen-bond donors (Lipinski definition) is 5. The van der Waals surface area contributed by atoms with Crippen molar-refractivity contribution in [3.05, 3.63) is 70.4 Å². The van der Waals surface area contributed by atoms with Gasteiger partial charge >= 0.3 is 0 Å². The molecule has 1 aromatic carbocycles. The smallest absolute Gasteiger partial charge is 0.166 e. The summed E-state index contributed by atoms with van der Waals surface area (Å²) < 4.78 is 20.2. The van der Waals surface area contributed by atoms with Crippen molar-refractivity contribution in [1.29, 1.82) is 10.9 Å². The summed E-state index contributed by atoms with van der Waals surface area (Å²) in [6, 6.07) is 5.97. The van der Waals surface area contributed by atoms with Crippen LogP contribution in [0, 0.1) is 16.8 Å². The molecule has 0 saturated carbocycles. The Morgan fingerprint density at radius 1 is 1.39 bits per heavy atom. The van der Waals surface area contributed by atoms with E-state index < -0.39 is 11.9 Å². The number of benzene rings is 1. The van der Waals surface area contributed by atoms with Gasteiger partial charge in [0.1, 0.15) is 11.9 Å². The van der Waals surface area contributed by atoms with Gasteiger partial charge in [-0.25, -0.2) is 14.9 Å². The second kappa shape index (κ2) is 9.38. The van der Waals surface area contributed by atoms with Crippen molar-refractivity contribution in [3.63, 3.8) is 0 Å². The van der Waals surface area contributed by atoms with Crippen LogP contribution in [0.15, 0.2) is 53.0 Å². The van der Waals surface area contributed by atoms with Crippen molar-refractivity contribution < 1.29 is 9.13 Å². The molecule has 2 bridgehead atoms. The van der Waals surface area contributed by atoms with Crippen LogP contribution >= 0.6 is 0 Å². The summed E-state index contributed by atoms with van der Waals surface area (Å²) in [6.07, 6.45) is 2.89. The van der Waals surface area contributed by atoms with Crippen LogP contribution in [-0.4, -0.2) is 24.3 Å². The number of nitrogens with one attached hydrogen (secondary N) is 4. The van der Waals surface area contributed by atoms with Gasteiger partial charge in [-0.05, 0) is 43.7 Å². The van der Waals surface area contributed by atoms with Crippen molar-refractivity contribution in [3.8, 4) is 5.75 Å². The zero-order valence-electron chi connectivity index (χ0n) is 17.7. The van der Waals surface area contributed by atoms with Gasteiger partial charge in [-0.2, -0.15) is 5.11 Å². The SMILES string of the molecule is CCN/C1=C(\N=N)C/C(=C/NC)C(=N)c2ccc(F)cc2C(C)Oc2cc1cnc2N. The van der Waals surface area contributed by atoms with Crippen LogP contribution in [0.5, 0.6) is 5.75 Å². The van der Waals surface area contributed by atoms with Gasteiger partial charge in [-0.3, -0.25) is 5.41 Å². The molecule has 2 heterocycles. The Hall–Kier alpha value is -3.75. The summed E-state index contributed by atoms with van der Waals surface area (Å²) >= 11 is 0. The molecule has 0 radical (unpaired) electrons. The highest BCUT2D eigenvalue weighted by Gasteiger charge is 2.23. The Kier molecular flexibility index (Phi) is 6.64. The predicted molar refractivity (Wildman–Crippen MR) is 118 cm³/mol. The lowest BCUT2D eigenvalue weighted by molar-refractivity contribution is 0.227. The summed E-state index contributed by atoms with van der Waals surface area (Å²) in [5.41, 5.74) is 17.3. The maximum absolute atomic E-state index is 14.1. The third kappa shape index (κ3) is 4.55. The van der Waals surface area contributed by atoms with E-state index >= 15 is 0 Å². The minimum atomic E-state index is -0.590. The number of rotatable bonds is 4. The molecule has 0 saturated heterocycles. The minimum absolute atomic E-state index is 0.187. The van der Waals surface area contributed by atoms with Crippen LogP contribution in [0.25, 0.3) is 5.70 Å². The molecule has 162 valence electrons. The third-order valence-electron chi connectivity index (χ3n) is 4.97. The summed E-state index contributed by atoms with van der Waals surface area (Å²) in [7, 11) is 1.73. The zero-order valence-corrected chi connectivity index (χ0v) is 17.7. The monoisotopic (exact) mass is 423 g/mol. The largest absolute Gasteiger partial charge is 0.482 e. The summed E-state index contributed by atoms with van der Waals surface area (Å²) in [6.45, 7) is 4.30. The van der Waals surface area contributed by atoms with Crippen LogP contribution in [0.2, 0.25) is 0 Å². The first-order chi connectivity index (χ1) is 14.9. The number of fused-ring (bicyclic) bond motifs is 3. The van der Waals surface area contributed by atoms with E-state index in [9.17, 15) is 4.39 Å². The lowest BCUT2D eigenvalue weighted by Crippen LogP contribution is -2.18. The lowest BCUT2D eigenvalue weighted by atomic mass is 9.92. The molecule has 8 nitrogen and oxygen atoms in total. The molecule has 1 aromatic heterocycles. The fourth-order valence-corrected chi connectivity index (χ4v) is 3.51. The Morgan fingerprint density at radius 2 is 2.16 bits per heavy atom. The van der Waals surface area contributed by atoms with Crippen LogP contribution in [0.4, 0.5) is 10.2 Å². The molecule has 1 aliphatic rings. The molecular weight excluding hydrogens is 397 g/mol. The number of ether oxygens (including phenoxy) is 1. The van der Waals surface area contributed by atoms with Gasteiger partial charge < -0.3 is 21.1 Å². The number of anilines is 1. The minimum Gasteiger partial charge on any atom is -0.482 e. The normalized spacial score (nSPS) is 20.2. The van der Waals surface area contributed by atoms with E-state index in [-0.39, 0.29) is 18.0 Å². The molecule has 3 rings (SSSR count). The summed E-state index contributed by atoms with van der Waals surface area (Å²) in [5, 5.41) is 18.8. The van der Waals surface area contributed by atoms with Crippen molar-refractivity contribution in [2.75, 3.05) is 19.3 Å².